The van der Waals surface area contributed by atoms with Crippen molar-refractivity contribution < 1.29 is 9.53 Å². The summed E-state index contributed by atoms with van der Waals surface area (Å²) in [6.07, 6.45) is 5.14. The van der Waals surface area contributed by atoms with Crippen molar-refractivity contribution in [1.29, 1.82) is 0 Å². The Bertz CT molecular complexity index is 1300. The van der Waals surface area contributed by atoms with Gasteiger partial charge in [0.2, 0.25) is 5.95 Å². The summed E-state index contributed by atoms with van der Waals surface area (Å²) in [4.78, 5) is 32.7. The number of amides is 1. The normalized spacial score (nSPS) is 18.6. The Balaban J connectivity index is 1.16. The molecule has 10 heteroatoms. The largest absolute Gasteiger partial charge is 0.475 e. The van der Waals surface area contributed by atoms with E-state index in [4.69, 9.17) is 4.74 Å². The average Bonchev–Trinajstić information content (AvgIpc) is 3.66. The molecule has 1 saturated carbocycles. The first kappa shape index (κ1) is 22.5. The Morgan fingerprint density at radius 2 is 1.72 bits per heavy atom. The zero-order valence-corrected chi connectivity index (χ0v) is 20.8. The van der Waals surface area contributed by atoms with Gasteiger partial charge in [-0.2, -0.15) is 4.98 Å². The van der Waals surface area contributed by atoms with E-state index < -0.39 is 5.60 Å². The predicted molar refractivity (Wildman–Crippen MR) is 140 cm³/mol. The fourth-order valence-electron chi connectivity index (χ4n) is 4.62. The standard InChI is InChI=1S/C26H30N8O2/c1-17-15-28-25(30-19-5-7-22(27-16-19)34-12-10-32(2)11-13-34)31-23(17)29-18-4-6-21-20(14-18)33(3)24(35)26(36-21)8-9-26/h4-7,14-16H,8-13H2,1-3H3,(H2,28,29,30,31). The fourth-order valence-corrected chi connectivity index (χ4v) is 4.62. The third kappa shape index (κ3) is 4.17. The van der Waals surface area contributed by atoms with Crippen molar-refractivity contribution in [2.75, 3.05) is 60.7 Å². The highest BCUT2D eigenvalue weighted by Crippen LogP contribution is 2.49. The van der Waals surface area contributed by atoms with Crippen LogP contribution in [0.15, 0.2) is 42.7 Å². The molecule has 1 amide bonds. The van der Waals surface area contributed by atoms with Crippen molar-refractivity contribution >= 4 is 40.6 Å². The number of aryl methyl sites for hydroxylation is 1. The second kappa shape index (κ2) is 8.63. The molecule has 2 N–H and O–H groups in total. The van der Waals surface area contributed by atoms with Crippen LogP contribution in [0.25, 0.3) is 0 Å². The number of carbonyl (C=O) groups excluding carboxylic acids is 1. The lowest BCUT2D eigenvalue weighted by molar-refractivity contribution is -0.127. The smallest absolute Gasteiger partial charge is 0.271 e. The second-order valence-corrected chi connectivity index (χ2v) is 9.81. The molecule has 4 heterocycles. The van der Waals surface area contributed by atoms with Crippen LogP contribution in [0.3, 0.4) is 0 Å². The number of pyridine rings is 1. The molecule has 2 aromatic heterocycles. The summed E-state index contributed by atoms with van der Waals surface area (Å²) in [5, 5.41) is 6.61. The number of aromatic nitrogens is 3. The molecule has 0 radical (unpaired) electrons. The second-order valence-electron chi connectivity index (χ2n) is 9.81. The van der Waals surface area contributed by atoms with Crippen LogP contribution in [0.5, 0.6) is 5.75 Å². The van der Waals surface area contributed by atoms with Crippen LogP contribution in [0.2, 0.25) is 0 Å². The maximum atomic E-state index is 12.7. The van der Waals surface area contributed by atoms with Gasteiger partial charge in [-0.05, 0) is 44.3 Å². The molecule has 10 nitrogen and oxygen atoms in total. The van der Waals surface area contributed by atoms with Crippen molar-refractivity contribution in [2.24, 2.45) is 0 Å². The third-order valence-electron chi connectivity index (χ3n) is 7.09. The van der Waals surface area contributed by atoms with Crippen LogP contribution in [0.1, 0.15) is 18.4 Å². The van der Waals surface area contributed by atoms with Crippen molar-refractivity contribution in [3.05, 3.63) is 48.3 Å². The summed E-state index contributed by atoms with van der Waals surface area (Å²) < 4.78 is 6.01. The SMILES string of the molecule is Cc1cnc(Nc2ccc(N3CCN(C)CC3)nc2)nc1Nc1ccc2c(c1)N(C)C(=O)C1(CC1)O2. The summed E-state index contributed by atoms with van der Waals surface area (Å²) in [6.45, 7) is 5.99. The number of hydrogen-bond donors (Lipinski definition) is 2. The Hall–Kier alpha value is -3.92. The van der Waals surface area contributed by atoms with Crippen molar-refractivity contribution in [3.63, 3.8) is 0 Å². The number of nitrogens with one attached hydrogen (secondary N) is 2. The summed E-state index contributed by atoms with van der Waals surface area (Å²) in [5.74, 6) is 2.88. The van der Waals surface area contributed by atoms with Crippen molar-refractivity contribution in [3.8, 4) is 5.75 Å². The number of fused-ring (bicyclic) bond motifs is 1. The molecular weight excluding hydrogens is 456 g/mol. The lowest BCUT2D eigenvalue weighted by atomic mass is 10.1. The Morgan fingerprint density at radius 3 is 2.44 bits per heavy atom. The first-order valence-electron chi connectivity index (χ1n) is 12.3. The molecule has 0 atom stereocenters. The summed E-state index contributed by atoms with van der Waals surface area (Å²) in [5.41, 5.74) is 2.65. The molecule has 1 aromatic carbocycles. The molecule has 6 rings (SSSR count). The highest BCUT2D eigenvalue weighted by Gasteiger charge is 2.57. The molecule has 2 aliphatic heterocycles. The maximum absolute atomic E-state index is 12.7. The van der Waals surface area contributed by atoms with Gasteiger partial charge in [0.25, 0.3) is 5.91 Å². The molecule has 0 bridgehead atoms. The number of carbonyl (C=O) groups is 1. The number of likely N-dealkylation sites (N-methyl/N-ethyl adjacent to an activating group) is 2. The van der Waals surface area contributed by atoms with Gasteiger partial charge in [0.05, 0.1) is 17.6 Å². The zero-order valence-electron chi connectivity index (χ0n) is 20.8. The first-order valence-corrected chi connectivity index (χ1v) is 12.3. The first-order chi connectivity index (χ1) is 17.4. The van der Waals surface area contributed by atoms with E-state index in [-0.39, 0.29) is 5.91 Å². The summed E-state index contributed by atoms with van der Waals surface area (Å²) in [7, 11) is 3.94. The molecule has 1 aliphatic carbocycles. The number of ether oxygens (including phenoxy) is 1. The van der Waals surface area contributed by atoms with E-state index in [9.17, 15) is 4.79 Å². The zero-order chi connectivity index (χ0) is 24.9. The lowest BCUT2D eigenvalue weighted by Gasteiger charge is -2.33. The van der Waals surface area contributed by atoms with E-state index in [1.165, 1.54) is 0 Å². The van der Waals surface area contributed by atoms with Crippen LogP contribution in [0, 0.1) is 6.92 Å². The van der Waals surface area contributed by atoms with Gasteiger partial charge in [-0.1, -0.05) is 0 Å². The van der Waals surface area contributed by atoms with Crippen LogP contribution >= 0.6 is 0 Å². The van der Waals surface area contributed by atoms with E-state index in [2.05, 4.69) is 42.4 Å². The highest BCUT2D eigenvalue weighted by molar-refractivity contribution is 6.04. The van der Waals surface area contributed by atoms with Crippen LogP contribution in [-0.4, -0.2) is 71.6 Å². The van der Waals surface area contributed by atoms with Gasteiger partial charge >= 0.3 is 0 Å². The Labute approximate surface area is 210 Å². The van der Waals surface area contributed by atoms with Gasteiger partial charge in [0, 0.05) is 63.5 Å². The van der Waals surface area contributed by atoms with Crippen LogP contribution in [-0.2, 0) is 4.79 Å². The van der Waals surface area contributed by atoms with E-state index in [1.54, 1.807) is 18.1 Å². The minimum absolute atomic E-state index is 0.0177. The molecule has 36 heavy (non-hydrogen) atoms. The average molecular weight is 487 g/mol. The van der Waals surface area contributed by atoms with Gasteiger partial charge in [0.1, 0.15) is 17.4 Å². The fraction of sp³-hybridized carbons (Fsp3) is 0.385. The quantitative estimate of drug-likeness (QED) is 0.563. The van der Waals surface area contributed by atoms with Gasteiger partial charge in [0.15, 0.2) is 5.60 Å². The summed E-state index contributed by atoms with van der Waals surface area (Å²) >= 11 is 0. The number of hydrogen-bond acceptors (Lipinski definition) is 9. The van der Waals surface area contributed by atoms with Crippen LogP contribution < -0.4 is 25.2 Å². The molecular formula is C26H30N8O2. The number of rotatable bonds is 5. The molecule has 3 aromatic rings. The monoisotopic (exact) mass is 486 g/mol. The van der Waals surface area contributed by atoms with E-state index >= 15 is 0 Å². The van der Waals surface area contributed by atoms with Crippen molar-refractivity contribution in [1.82, 2.24) is 19.9 Å². The Morgan fingerprint density at radius 1 is 0.944 bits per heavy atom. The maximum Gasteiger partial charge on any atom is 0.271 e. The van der Waals surface area contributed by atoms with Gasteiger partial charge < -0.3 is 30.1 Å². The minimum Gasteiger partial charge on any atom is -0.475 e. The summed E-state index contributed by atoms with van der Waals surface area (Å²) in [6, 6.07) is 9.79. The van der Waals surface area contributed by atoms with Crippen LogP contribution in [0.4, 0.5) is 34.6 Å². The molecule has 1 saturated heterocycles. The minimum atomic E-state index is -0.641. The number of benzene rings is 1. The number of nitrogens with zero attached hydrogens (tertiary/aromatic N) is 6. The van der Waals surface area contributed by atoms with Gasteiger partial charge in [-0.3, -0.25) is 4.79 Å². The highest BCUT2D eigenvalue weighted by atomic mass is 16.5. The van der Waals surface area contributed by atoms with Gasteiger partial charge in [-0.15, -0.1) is 0 Å². The molecule has 2 fully saturated rings. The van der Waals surface area contributed by atoms with E-state index in [0.29, 0.717) is 11.8 Å². The molecule has 1 spiro atoms. The van der Waals surface area contributed by atoms with Gasteiger partial charge in [-0.25, -0.2) is 9.97 Å². The molecule has 3 aliphatic rings. The molecule has 0 unspecified atom stereocenters. The number of piperazine rings is 1. The predicted octanol–water partition coefficient (Wildman–Crippen LogP) is 3.31. The Kier molecular flexibility index (Phi) is 5.40. The lowest BCUT2D eigenvalue weighted by Crippen LogP contribution is -2.45. The third-order valence-corrected chi connectivity index (χ3v) is 7.09. The van der Waals surface area contributed by atoms with E-state index in [1.807, 2.05) is 43.5 Å². The number of anilines is 6. The topological polar surface area (TPSA) is 98.8 Å². The molecule has 186 valence electrons. The van der Waals surface area contributed by atoms with Crippen molar-refractivity contribution in [2.45, 2.75) is 25.4 Å². The van der Waals surface area contributed by atoms with E-state index in [0.717, 1.165) is 73.2 Å².